The Balaban J connectivity index is 1.59. The Kier molecular flexibility index (Phi) is 5.36. The van der Waals surface area contributed by atoms with Crippen molar-refractivity contribution in [1.82, 2.24) is 15.3 Å². The van der Waals surface area contributed by atoms with Gasteiger partial charge in [-0.25, -0.2) is 18.4 Å². The minimum atomic E-state index is -2.99. The lowest BCUT2D eigenvalue weighted by molar-refractivity contribution is 0.0946. The van der Waals surface area contributed by atoms with Crippen LogP contribution in [0.1, 0.15) is 22.5 Å². The summed E-state index contributed by atoms with van der Waals surface area (Å²) in [5, 5.41) is 5.78. The number of carbonyl (C=O) groups is 1. The summed E-state index contributed by atoms with van der Waals surface area (Å²) in [6.45, 7) is 0.358. The molecule has 1 aromatic heterocycles. The molecule has 1 saturated heterocycles. The SMILES string of the molecule is COc1ccc(CNC(=O)c2ccnc(NC3CCS(=O)(=O)C3)n2)cc1. The van der Waals surface area contributed by atoms with Crippen LogP contribution < -0.4 is 15.4 Å². The van der Waals surface area contributed by atoms with Crippen molar-refractivity contribution < 1.29 is 17.9 Å². The molecule has 1 amide bonds. The Bertz CT molecular complexity index is 884. The monoisotopic (exact) mass is 376 g/mol. The smallest absolute Gasteiger partial charge is 0.270 e. The van der Waals surface area contributed by atoms with Gasteiger partial charge in [0.15, 0.2) is 9.84 Å². The fourth-order valence-corrected chi connectivity index (χ4v) is 4.34. The zero-order valence-electron chi connectivity index (χ0n) is 14.3. The molecule has 0 bridgehead atoms. The number of amides is 1. The number of benzene rings is 1. The Morgan fingerprint density at radius 3 is 2.69 bits per heavy atom. The highest BCUT2D eigenvalue weighted by Gasteiger charge is 2.28. The van der Waals surface area contributed by atoms with Crippen LogP contribution in [0, 0.1) is 0 Å². The van der Waals surface area contributed by atoms with E-state index >= 15 is 0 Å². The Labute approximate surface area is 151 Å². The van der Waals surface area contributed by atoms with Crippen LogP contribution in [0.5, 0.6) is 5.75 Å². The third-order valence-electron chi connectivity index (χ3n) is 4.07. The maximum Gasteiger partial charge on any atom is 0.270 e. The van der Waals surface area contributed by atoms with Gasteiger partial charge in [-0.2, -0.15) is 0 Å². The molecule has 26 heavy (non-hydrogen) atoms. The summed E-state index contributed by atoms with van der Waals surface area (Å²) in [5.41, 5.74) is 1.15. The van der Waals surface area contributed by atoms with Gasteiger partial charge in [0.05, 0.1) is 18.6 Å². The number of methoxy groups -OCH3 is 1. The van der Waals surface area contributed by atoms with Gasteiger partial charge >= 0.3 is 0 Å². The molecule has 1 aromatic carbocycles. The van der Waals surface area contributed by atoms with Gasteiger partial charge in [0, 0.05) is 18.8 Å². The number of sulfone groups is 1. The topological polar surface area (TPSA) is 110 Å². The van der Waals surface area contributed by atoms with Gasteiger partial charge in [-0.15, -0.1) is 0 Å². The predicted octanol–water partition coefficient (Wildman–Crippen LogP) is 1.01. The lowest BCUT2D eigenvalue weighted by atomic mass is 10.2. The van der Waals surface area contributed by atoms with Crippen LogP contribution in [-0.2, 0) is 16.4 Å². The maximum atomic E-state index is 12.3. The first-order valence-electron chi connectivity index (χ1n) is 8.16. The molecular formula is C17H20N4O4S. The summed E-state index contributed by atoms with van der Waals surface area (Å²) < 4.78 is 28.1. The molecule has 2 heterocycles. The number of carbonyl (C=O) groups excluding carboxylic acids is 1. The second kappa shape index (κ2) is 7.69. The standard InChI is InChI=1S/C17H20N4O4S/c1-25-14-4-2-12(3-5-14)10-19-16(22)15-6-8-18-17(21-15)20-13-7-9-26(23,24)11-13/h2-6,8,13H,7,9-11H2,1H3,(H,19,22)(H,18,20,21). The Morgan fingerprint density at radius 1 is 1.27 bits per heavy atom. The van der Waals surface area contributed by atoms with E-state index in [1.165, 1.54) is 12.3 Å². The molecule has 1 unspecified atom stereocenters. The second-order valence-corrected chi connectivity index (χ2v) is 8.27. The van der Waals surface area contributed by atoms with Crippen molar-refractivity contribution in [3.05, 3.63) is 47.8 Å². The molecule has 0 saturated carbocycles. The van der Waals surface area contributed by atoms with Crippen molar-refractivity contribution >= 4 is 21.7 Å². The molecule has 1 aliphatic heterocycles. The molecule has 8 nitrogen and oxygen atoms in total. The first kappa shape index (κ1) is 18.1. The van der Waals surface area contributed by atoms with Gasteiger partial charge < -0.3 is 15.4 Å². The Morgan fingerprint density at radius 2 is 2.04 bits per heavy atom. The summed E-state index contributed by atoms with van der Waals surface area (Å²) in [6, 6.07) is 8.67. The summed E-state index contributed by atoms with van der Waals surface area (Å²) in [6.07, 6.45) is 1.99. The average molecular weight is 376 g/mol. The number of nitrogens with zero attached hydrogens (tertiary/aromatic N) is 2. The molecular weight excluding hydrogens is 356 g/mol. The van der Waals surface area contributed by atoms with E-state index in [1.807, 2.05) is 24.3 Å². The minimum absolute atomic E-state index is 0.0598. The van der Waals surface area contributed by atoms with Crippen LogP contribution in [0.3, 0.4) is 0 Å². The summed E-state index contributed by atoms with van der Waals surface area (Å²) in [4.78, 5) is 20.5. The molecule has 1 atom stereocenters. The fraction of sp³-hybridized carbons (Fsp3) is 0.353. The number of anilines is 1. The molecule has 1 fully saturated rings. The molecule has 0 radical (unpaired) electrons. The lowest BCUT2D eigenvalue weighted by Gasteiger charge is -2.11. The van der Waals surface area contributed by atoms with Crippen molar-refractivity contribution in [3.8, 4) is 5.75 Å². The van der Waals surface area contributed by atoms with Gasteiger partial charge in [0.2, 0.25) is 5.95 Å². The third kappa shape index (κ3) is 4.69. The summed E-state index contributed by atoms with van der Waals surface area (Å²) >= 11 is 0. The number of hydrogen-bond donors (Lipinski definition) is 2. The van der Waals surface area contributed by atoms with Gasteiger partial charge in [-0.3, -0.25) is 4.79 Å². The van der Waals surface area contributed by atoms with Gasteiger partial charge in [-0.1, -0.05) is 12.1 Å². The lowest BCUT2D eigenvalue weighted by Crippen LogP contribution is -2.26. The molecule has 0 aliphatic carbocycles. The fourth-order valence-electron chi connectivity index (χ4n) is 2.66. The zero-order valence-corrected chi connectivity index (χ0v) is 15.1. The van der Waals surface area contributed by atoms with Crippen LogP contribution in [0.25, 0.3) is 0 Å². The van der Waals surface area contributed by atoms with Crippen LogP contribution in [-0.4, -0.2) is 49.0 Å². The van der Waals surface area contributed by atoms with Gasteiger partial charge in [0.1, 0.15) is 11.4 Å². The van der Waals surface area contributed by atoms with Crippen molar-refractivity contribution in [2.24, 2.45) is 0 Å². The van der Waals surface area contributed by atoms with E-state index in [9.17, 15) is 13.2 Å². The highest BCUT2D eigenvalue weighted by Crippen LogP contribution is 2.15. The quantitative estimate of drug-likeness (QED) is 0.774. The number of aromatic nitrogens is 2. The van der Waals surface area contributed by atoms with Crippen LogP contribution in [0.2, 0.25) is 0 Å². The average Bonchev–Trinajstić information content (AvgIpc) is 2.98. The van der Waals surface area contributed by atoms with Crippen molar-refractivity contribution in [3.63, 3.8) is 0 Å². The van der Waals surface area contributed by atoms with Crippen molar-refractivity contribution in [2.45, 2.75) is 19.0 Å². The highest BCUT2D eigenvalue weighted by molar-refractivity contribution is 7.91. The summed E-state index contributed by atoms with van der Waals surface area (Å²) in [7, 11) is -1.40. The van der Waals surface area contributed by atoms with E-state index in [-0.39, 0.29) is 35.1 Å². The molecule has 1 aliphatic rings. The number of ether oxygens (including phenoxy) is 1. The van der Waals surface area contributed by atoms with E-state index in [0.717, 1.165) is 11.3 Å². The van der Waals surface area contributed by atoms with E-state index in [2.05, 4.69) is 20.6 Å². The van der Waals surface area contributed by atoms with E-state index in [1.54, 1.807) is 7.11 Å². The highest BCUT2D eigenvalue weighted by atomic mass is 32.2. The third-order valence-corrected chi connectivity index (χ3v) is 5.83. The van der Waals surface area contributed by atoms with Crippen LogP contribution >= 0.6 is 0 Å². The molecule has 9 heteroatoms. The number of hydrogen-bond acceptors (Lipinski definition) is 7. The van der Waals surface area contributed by atoms with Crippen LogP contribution in [0.15, 0.2) is 36.5 Å². The van der Waals surface area contributed by atoms with E-state index in [0.29, 0.717) is 13.0 Å². The Hall–Kier alpha value is -2.68. The molecule has 0 spiro atoms. The molecule has 138 valence electrons. The van der Waals surface area contributed by atoms with E-state index in [4.69, 9.17) is 4.74 Å². The number of nitrogens with one attached hydrogen (secondary N) is 2. The van der Waals surface area contributed by atoms with Gasteiger partial charge in [0.25, 0.3) is 5.91 Å². The van der Waals surface area contributed by atoms with Crippen molar-refractivity contribution in [1.29, 1.82) is 0 Å². The molecule has 3 rings (SSSR count). The van der Waals surface area contributed by atoms with Crippen LogP contribution in [0.4, 0.5) is 5.95 Å². The van der Waals surface area contributed by atoms with E-state index < -0.39 is 9.84 Å². The largest absolute Gasteiger partial charge is 0.497 e. The number of rotatable bonds is 6. The minimum Gasteiger partial charge on any atom is -0.497 e. The predicted molar refractivity (Wildman–Crippen MR) is 96.9 cm³/mol. The first-order valence-corrected chi connectivity index (χ1v) is 9.98. The van der Waals surface area contributed by atoms with Gasteiger partial charge in [-0.05, 0) is 30.2 Å². The second-order valence-electron chi connectivity index (χ2n) is 6.04. The van der Waals surface area contributed by atoms with Crippen molar-refractivity contribution in [2.75, 3.05) is 23.9 Å². The summed E-state index contributed by atoms with van der Waals surface area (Å²) in [5.74, 6) is 0.895. The normalized spacial score (nSPS) is 18.3. The molecule has 2 N–H and O–H groups in total. The maximum absolute atomic E-state index is 12.3. The molecule has 2 aromatic rings. The first-order chi connectivity index (χ1) is 12.4. The zero-order chi connectivity index (χ0) is 18.6.